The standard InChI is InChI=1S/C17H20ClN3/c1-13-7-9-19-17(18)16(13)20-15-8-10-21(12-15)11-14-5-3-2-4-6-14/h2-7,9,15,20H,8,10-12H2,1H3. The first kappa shape index (κ1) is 14.4. The van der Waals surface area contributed by atoms with Gasteiger partial charge in [-0.15, -0.1) is 0 Å². The molecule has 0 aliphatic carbocycles. The SMILES string of the molecule is Cc1ccnc(Cl)c1NC1CCN(Cc2ccccc2)C1. The summed E-state index contributed by atoms with van der Waals surface area (Å²) in [7, 11) is 0. The second-order valence-electron chi connectivity index (χ2n) is 5.64. The van der Waals surface area contributed by atoms with Gasteiger partial charge in [0, 0.05) is 31.9 Å². The highest BCUT2D eigenvalue weighted by Crippen LogP contribution is 2.26. The number of aryl methyl sites for hydroxylation is 1. The molecule has 4 heteroatoms. The van der Waals surface area contributed by atoms with Crippen LogP contribution >= 0.6 is 11.6 Å². The van der Waals surface area contributed by atoms with Crippen LogP contribution in [0.1, 0.15) is 17.5 Å². The zero-order valence-corrected chi connectivity index (χ0v) is 13.0. The summed E-state index contributed by atoms with van der Waals surface area (Å²) in [6.07, 6.45) is 2.89. The highest BCUT2D eigenvalue weighted by Gasteiger charge is 2.23. The number of likely N-dealkylation sites (tertiary alicyclic amines) is 1. The minimum Gasteiger partial charge on any atom is -0.378 e. The van der Waals surface area contributed by atoms with Crippen LogP contribution in [0.25, 0.3) is 0 Å². The normalized spacial score (nSPS) is 18.9. The summed E-state index contributed by atoms with van der Waals surface area (Å²) in [4.78, 5) is 6.64. The van der Waals surface area contributed by atoms with Crippen molar-refractivity contribution in [1.29, 1.82) is 0 Å². The van der Waals surface area contributed by atoms with Crippen molar-refractivity contribution in [1.82, 2.24) is 9.88 Å². The fourth-order valence-corrected chi connectivity index (χ4v) is 3.10. The molecule has 1 saturated heterocycles. The lowest BCUT2D eigenvalue weighted by Gasteiger charge is -2.18. The van der Waals surface area contributed by atoms with Crippen molar-refractivity contribution < 1.29 is 0 Å². The van der Waals surface area contributed by atoms with Crippen molar-refractivity contribution in [2.75, 3.05) is 18.4 Å². The Labute approximate surface area is 131 Å². The Morgan fingerprint density at radius 1 is 1.29 bits per heavy atom. The van der Waals surface area contributed by atoms with Gasteiger partial charge in [-0.25, -0.2) is 4.98 Å². The van der Waals surface area contributed by atoms with Gasteiger partial charge in [0.15, 0.2) is 5.15 Å². The number of rotatable bonds is 4. The molecule has 1 atom stereocenters. The van der Waals surface area contributed by atoms with Crippen molar-refractivity contribution in [3.8, 4) is 0 Å². The van der Waals surface area contributed by atoms with Crippen molar-refractivity contribution in [2.24, 2.45) is 0 Å². The van der Waals surface area contributed by atoms with E-state index in [0.717, 1.165) is 37.3 Å². The summed E-state index contributed by atoms with van der Waals surface area (Å²) in [6.45, 7) is 5.23. The lowest BCUT2D eigenvalue weighted by Crippen LogP contribution is -2.26. The Balaban J connectivity index is 1.60. The molecule has 3 nitrogen and oxygen atoms in total. The second kappa shape index (κ2) is 6.46. The number of aromatic nitrogens is 1. The quantitative estimate of drug-likeness (QED) is 0.872. The number of benzene rings is 1. The van der Waals surface area contributed by atoms with Crippen molar-refractivity contribution in [2.45, 2.75) is 25.9 Å². The van der Waals surface area contributed by atoms with Gasteiger partial charge in [-0.05, 0) is 30.5 Å². The molecule has 0 bridgehead atoms. The molecule has 2 heterocycles. The van der Waals surface area contributed by atoms with Crippen LogP contribution in [0.4, 0.5) is 5.69 Å². The second-order valence-corrected chi connectivity index (χ2v) is 6.00. The molecule has 0 radical (unpaired) electrons. The zero-order valence-electron chi connectivity index (χ0n) is 12.2. The van der Waals surface area contributed by atoms with E-state index in [1.165, 1.54) is 5.56 Å². The molecule has 1 aromatic heterocycles. The molecule has 21 heavy (non-hydrogen) atoms. The third-order valence-corrected chi connectivity index (χ3v) is 4.27. The van der Waals surface area contributed by atoms with Gasteiger partial charge in [-0.3, -0.25) is 4.90 Å². The maximum Gasteiger partial charge on any atom is 0.152 e. The summed E-state index contributed by atoms with van der Waals surface area (Å²) < 4.78 is 0. The maximum absolute atomic E-state index is 6.19. The average Bonchev–Trinajstić information content (AvgIpc) is 2.91. The number of anilines is 1. The van der Waals surface area contributed by atoms with Gasteiger partial charge in [0.2, 0.25) is 0 Å². The smallest absolute Gasteiger partial charge is 0.152 e. The molecule has 1 fully saturated rings. The summed E-state index contributed by atoms with van der Waals surface area (Å²) in [5, 5.41) is 4.12. The van der Waals surface area contributed by atoms with E-state index in [0.29, 0.717) is 11.2 Å². The summed E-state index contributed by atoms with van der Waals surface area (Å²) >= 11 is 6.19. The van der Waals surface area contributed by atoms with Crippen LogP contribution in [-0.4, -0.2) is 29.0 Å². The molecule has 0 saturated carbocycles. The predicted octanol–water partition coefficient (Wildman–Crippen LogP) is 3.73. The Morgan fingerprint density at radius 2 is 2.10 bits per heavy atom. The highest BCUT2D eigenvalue weighted by molar-refractivity contribution is 6.32. The van der Waals surface area contributed by atoms with Crippen molar-refractivity contribution >= 4 is 17.3 Å². The molecule has 2 aromatic rings. The molecule has 1 unspecified atom stereocenters. The third-order valence-electron chi connectivity index (χ3n) is 3.98. The van der Waals surface area contributed by atoms with Crippen LogP contribution in [0, 0.1) is 6.92 Å². The average molecular weight is 302 g/mol. The Bertz CT molecular complexity index is 580. The number of halogens is 1. The maximum atomic E-state index is 6.19. The molecular formula is C17H20ClN3. The summed E-state index contributed by atoms with van der Waals surface area (Å²) in [5.74, 6) is 0. The molecule has 3 rings (SSSR count). The van der Waals surface area contributed by atoms with Crippen LogP contribution in [0.2, 0.25) is 5.15 Å². The summed E-state index contributed by atoms with van der Waals surface area (Å²) in [5.41, 5.74) is 3.50. The molecule has 1 aliphatic rings. The van der Waals surface area contributed by atoms with E-state index in [2.05, 4.69) is 52.5 Å². The van der Waals surface area contributed by atoms with Gasteiger partial charge >= 0.3 is 0 Å². The fraction of sp³-hybridized carbons (Fsp3) is 0.353. The van der Waals surface area contributed by atoms with E-state index in [1.807, 2.05) is 6.07 Å². The highest BCUT2D eigenvalue weighted by atomic mass is 35.5. The molecule has 1 aliphatic heterocycles. The molecule has 0 amide bonds. The molecule has 0 spiro atoms. The Hall–Kier alpha value is -1.58. The lowest BCUT2D eigenvalue weighted by molar-refractivity contribution is 0.328. The first-order valence-corrected chi connectivity index (χ1v) is 7.74. The summed E-state index contributed by atoms with van der Waals surface area (Å²) in [6, 6.07) is 13.1. The van der Waals surface area contributed by atoms with Crippen LogP contribution in [-0.2, 0) is 6.54 Å². The number of nitrogens with one attached hydrogen (secondary N) is 1. The van der Waals surface area contributed by atoms with Crippen molar-refractivity contribution in [3.63, 3.8) is 0 Å². The minimum atomic E-state index is 0.439. The van der Waals surface area contributed by atoms with Crippen LogP contribution in [0.5, 0.6) is 0 Å². The fourth-order valence-electron chi connectivity index (χ4n) is 2.84. The molecule has 1 aromatic carbocycles. The van der Waals surface area contributed by atoms with Crippen LogP contribution < -0.4 is 5.32 Å². The van der Waals surface area contributed by atoms with E-state index in [9.17, 15) is 0 Å². The van der Waals surface area contributed by atoms with Gasteiger partial charge in [-0.2, -0.15) is 0 Å². The van der Waals surface area contributed by atoms with E-state index in [4.69, 9.17) is 11.6 Å². The van der Waals surface area contributed by atoms with Crippen molar-refractivity contribution in [3.05, 3.63) is 58.9 Å². The molecule has 110 valence electrons. The van der Waals surface area contributed by atoms with Crippen LogP contribution in [0.3, 0.4) is 0 Å². The largest absolute Gasteiger partial charge is 0.378 e. The number of hydrogen-bond donors (Lipinski definition) is 1. The predicted molar refractivity (Wildman–Crippen MR) is 87.7 cm³/mol. The van der Waals surface area contributed by atoms with E-state index >= 15 is 0 Å². The van der Waals surface area contributed by atoms with Gasteiger partial charge in [-0.1, -0.05) is 41.9 Å². The van der Waals surface area contributed by atoms with Gasteiger partial charge in [0.05, 0.1) is 5.69 Å². The topological polar surface area (TPSA) is 28.2 Å². The molecular weight excluding hydrogens is 282 g/mol. The number of nitrogens with zero attached hydrogens (tertiary/aromatic N) is 2. The van der Waals surface area contributed by atoms with Crippen LogP contribution in [0.15, 0.2) is 42.6 Å². The van der Waals surface area contributed by atoms with Gasteiger partial charge < -0.3 is 5.32 Å². The van der Waals surface area contributed by atoms with E-state index in [-0.39, 0.29) is 0 Å². The Morgan fingerprint density at radius 3 is 2.86 bits per heavy atom. The lowest BCUT2D eigenvalue weighted by atomic mass is 10.2. The zero-order chi connectivity index (χ0) is 14.7. The number of pyridine rings is 1. The molecule has 1 N–H and O–H groups in total. The first-order valence-electron chi connectivity index (χ1n) is 7.36. The van der Waals surface area contributed by atoms with E-state index in [1.54, 1.807) is 6.20 Å². The first-order chi connectivity index (χ1) is 10.2. The van der Waals surface area contributed by atoms with E-state index < -0.39 is 0 Å². The van der Waals surface area contributed by atoms with Gasteiger partial charge in [0.25, 0.3) is 0 Å². The van der Waals surface area contributed by atoms with Gasteiger partial charge in [0.1, 0.15) is 0 Å². The Kier molecular flexibility index (Phi) is 4.42. The third kappa shape index (κ3) is 3.55. The number of hydrogen-bond acceptors (Lipinski definition) is 3. The minimum absolute atomic E-state index is 0.439. The monoisotopic (exact) mass is 301 g/mol.